The van der Waals surface area contributed by atoms with Crippen LogP contribution in [0.3, 0.4) is 0 Å². The number of nitrogens with zero attached hydrogens (tertiary/aromatic N) is 5. The van der Waals surface area contributed by atoms with Crippen molar-refractivity contribution in [2.75, 3.05) is 55.7 Å². The van der Waals surface area contributed by atoms with Crippen LogP contribution in [0.25, 0.3) is 11.3 Å². The summed E-state index contributed by atoms with van der Waals surface area (Å²) >= 11 is 12.3. The molecule has 4 rings (SSSR count). The molecule has 0 aliphatic carbocycles. The molecule has 7 nitrogen and oxygen atoms in total. The second-order valence-corrected chi connectivity index (χ2v) is 9.07. The van der Waals surface area contributed by atoms with Crippen molar-refractivity contribution >= 4 is 40.6 Å². The fourth-order valence-electron chi connectivity index (χ4n) is 4.11. The van der Waals surface area contributed by atoms with Gasteiger partial charge in [-0.2, -0.15) is 0 Å². The molecule has 1 aliphatic heterocycles. The minimum Gasteiger partial charge on any atom is -0.484 e. The zero-order valence-corrected chi connectivity index (χ0v) is 21.5. The Balaban J connectivity index is 1.29. The molecule has 3 aromatic rings. The van der Waals surface area contributed by atoms with Gasteiger partial charge in [0.2, 0.25) is 0 Å². The highest BCUT2D eigenvalue weighted by Crippen LogP contribution is 2.29. The molecule has 0 N–H and O–H groups in total. The van der Waals surface area contributed by atoms with E-state index in [9.17, 15) is 4.79 Å². The predicted molar refractivity (Wildman–Crippen MR) is 142 cm³/mol. The summed E-state index contributed by atoms with van der Waals surface area (Å²) in [5.74, 6) is 1.46. The van der Waals surface area contributed by atoms with Gasteiger partial charge in [0, 0.05) is 61.6 Å². The van der Waals surface area contributed by atoms with Gasteiger partial charge in [-0.3, -0.25) is 4.79 Å². The van der Waals surface area contributed by atoms with Crippen molar-refractivity contribution in [2.24, 2.45) is 0 Å². The fraction of sp³-hybridized carbons (Fsp3) is 0.346. The molecule has 1 amide bonds. The molecule has 1 saturated heterocycles. The first-order chi connectivity index (χ1) is 17.0. The third kappa shape index (κ3) is 6.16. The Morgan fingerprint density at radius 1 is 0.971 bits per heavy atom. The molecule has 2 aromatic carbocycles. The maximum absolute atomic E-state index is 12.7. The van der Waals surface area contributed by atoms with E-state index in [4.69, 9.17) is 27.9 Å². The minimum atomic E-state index is -0.0169. The largest absolute Gasteiger partial charge is 0.484 e. The number of carbonyl (C=O) groups excluding carboxylic acids is 1. The monoisotopic (exact) mass is 513 g/mol. The van der Waals surface area contributed by atoms with Gasteiger partial charge in [-0.05, 0) is 56.3 Å². The van der Waals surface area contributed by atoms with E-state index < -0.39 is 0 Å². The SMILES string of the molecule is CCN(CC)c1cccc(OCC(=O)N2CCN(c3ccc(-c4ccc(Cl)cc4Cl)nn3)CC2)c1. The van der Waals surface area contributed by atoms with Crippen LogP contribution in [0.1, 0.15) is 13.8 Å². The second-order valence-electron chi connectivity index (χ2n) is 8.23. The standard InChI is InChI=1S/C26H29Cl2N5O2/c1-3-31(4-2)20-6-5-7-21(17-20)35-18-26(34)33-14-12-32(13-15-33)25-11-10-24(29-30-25)22-9-8-19(27)16-23(22)28/h5-11,16-17H,3-4,12-15,18H2,1-2H3. The van der Waals surface area contributed by atoms with Gasteiger partial charge in [0.25, 0.3) is 5.91 Å². The summed E-state index contributed by atoms with van der Waals surface area (Å²) in [6.45, 7) is 8.68. The van der Waals surface area contributed by atoms with E-state index in [1.807, 2.05) is 41.3 Å². The topological polar surface area (TPSA) is 61.8 Å². The van der Waals surface area contributed by atoms with E-state index in [0.717, 1.165) is 30.2 Å². The third-order valence-corrected chi connectivity index (χ3v) is 6.67. The average molecular weight is 514 g/mol. The highest BCUT2D eigenvalue weighted by Gasteiger charge is 2.22. The van der Waals surface area contributed by atoms with Gasteiger partial charge in [-0.1, -0.05) is 29.3 Å². The van der Waals surface area contributed by atoms with Gasteiger partial charge in [-0.15, -0.1) is 10.2 Å². The van der Waals surface area contributed by atoms with E-state index in [1.165, 1.54) is 0 Å². The van der Waals surface area contributed by atoms with E-state index in [1.54, 1.807) is 12.1 Å². The lowest BCUT2D eigenvalue weighted by Crippen LogP contribution is -2.50. The first-order valence-electron chi connectivity index (χ1n) is 11.8. The van der Waals surface area contributed by atoms with Crippen molar-refractivity contribution in [2.45, 2.75) is 13.8 Å². The lowest BCUT2D eigenvalue weighted by atomic mass is 10.1. The molecular formula is C26H29Cl2N5O2. The lowest BCUT2D eigenvalue weighted by Gasteiger charge is -2.35. The Labute approximate surface area is 216 Å². The van der Waals surface area contributed by atoms with Gasteiger partial charge in [0.15, 0.2) is 12.4 Å². The average Bonchev–Trinajstić information content (AvgIpc) is 2.89. The van der Waals surface area contributed by atoms with Crippen LogP contribution < -0.4 is 14.5 Å². The highest BCUT2D eigenvalue weighted by atomic mass is 35.5. The van der Waals surface area contributed by atoms with Crippen LogP contribution >= 0.6 is 23.2 Å². The van der Waals surface area contributed by atoms with Crippen LogP contribution in [0.15, 0.2) is 54.6 Å². The third-order valence-electron chi connectivity index (χ3n) is 6.12. The molecule has 2 heterocycles. The maximum atomic E-state index is 12.7. The van der Waals surface area contributed by atoms with Gasteiger partial charge in [-0.25, -0.2) is 0 Å². The first-order valence-corrected chi connectivity index (χ1v) is 12.5. The summed E-state index contributed by atoms with van der Waals surface area (Å²) in [5.41, 5.74) is 2.57. The van der Waals surface area contributed by atoms with E-state index >= 15 is 0 Å². The fourth-order valence-corrected chi connectivity index (χ4v) is 4.62. The molecule has 1 aliphatic rings. The van der Waals surface area contributed by atoms with Crippen LogP contribution in [-0.2, 0) is 4.79 Å². The Morgan fingerprint density at radius 3 is 2.40 bits per heavy atom. The van der Waals surface area contributed by atoms with Crippen molar-refractivity contribution in [1.82, 2.24) is 15.1 Å². The molecule has 0 saturated carbocycles. The van der Waals surface area contributed by atoms with Gasteiger partial charge < -0.3 is 19.4 Å². The van der Waals surface area contributed by atoms with Crippen molar-refractivity contribution in [3.05, 3.63) is 64.6 Å². The molecule has 1 fully saturated rings. The zero-order chi connectivity index (χ0) is 24.8. The van der Waals surface area contributed by atoms with Gasteiger partial charge in [0.05, 0.1) is 10.7 Å². The quantitative estimate of drug-likeness (QED) is 0.421. The number of aromatic nitrogens is 2. The summed E-state index contributed by atoms with van der Waals surface area (Å²) in [6, 6.07) is 17.0. The van der Waals surface area contributed by atoms with Gasteiger partial charge >= 0.3 is 0 Å². The molecule has 0 bridgehead atoms. The van der Waals surface area contributed by atoms with E-state index in [2.05, 4.69) is 39.9 Å². The number of halogens is 2. The molecule has 0 unspecified atom stereocenters. The number of piperazine rings is 1. The zero-order valence-electron chi connectivity index (χ0n) is 20.0. The number of carbonyl (C=O) groups is 1. The first kappa shape index (κ1) is 25.1. The summed E-state index contributed by atoms with van der Waals surface area (Å²) in [6.07, 6.45) is 0. The highest BCUT2D eigenvalue weighted by molar-refractivity contribution is 6.36. The van der Waals surface area contributed by atoms with Crippen molar-refractivity contribution < 1.29 is 9.53 Å². The van der Waals surface area contributed by atoms with Crippen molar-refractivity contribution in [3.63, 3.8) is 0 Å². The molecular weight excluding hydrogens is 485 g/mol. The Bertz CT molecular complexity index is 1150. The Kier molecular flexibility index (Phi) is 8.31. The number of ether oxygens (including phenoxy) is 1. The van der Waals surface area contributed by atoms with Crippen LogP contribution in [0.5, 0.6) is 5.75 Å². The van der Waals surface area contributed by atoms with Crippen molar-refractivity contribution in [3.8, 4) is 17.0 Å². The number of anilines is 2. The lowest BCUT2D eigenvalue weighted by molar-refractivity contribution is -0.133. The summed E-state index contributed by atoms with van der Waals surface area (Å²) in [5, 5.41) is 9.83. The molecule has 35 heavy (non-hydrogen) atoms. The van der Waals surface area contributed by atoms with E-state index in [0.29, 0.717) is 47.7 Å². The summed E-state index contributed by atoms with van der Waals surface area (Å²) in [7, 11) is 0. The minimum absolute atomic E-state index is 0.0169. The normalized spacial score (nSPS) is 13.6. The van der Waals surface area contributed by atoms with Crippen molar-refractivity contribution in [1.29, 1.82) is 0 Å². The number of hydrogen-bond acceptors (Lipinski definition) is 6. The second kappa shape index (κ2) is 11.6. The number of rotatable bonds is 8. The van der Waals surface area contributed by atoms with Gasteiger partial charge in [0.1, 0.15) is 5.75 Å². The number of benzene rings is 2. The van der Waals surface area contributed by atoms with Crippen LogP contribution in [0.2, 0.25) is 10.0 Å². The summed E-state index contributed by atoms with van der Waals surface area (Å²) in [4.78, 5) is 18.9. The smallest absolute Gasteiger partial charge is 0.260 e. The number of hydrogen-bond donors (Lipinski definition) is 0. The summed E-state index contributed by atoms with van der Waals surface area (Å²) < 4.78 is 5.81. The molecule has 0 atom stereocenters. The van der Waals surface area contributed by atoms with Crippen LogP contribution in [-0.4, -0.2) is 66.9 Å². The van der Waals surface area contributed by atoms with E-state index in [-0.39, 0.29) is 12.5 Å². The molecule has 0 radical (unpaired) electrons. The Morgan fingerprint density at radius 2 is 1.74 bits per heavy atom. The Hall–Kier alpha value is -3.03. The molecule has 1 aromatic heterocycles. The van der Waals surface area contributed by atoms with Crippen LogP contribution in [0, 0.1) is 0 Å². The predicted octanol–water partition coefficient (Wildman–Crippen LogP) is 5.02. The molecule has 0 spiro atoms. The maximum Gasteiger partial charge on any atom is 0.260 e. The van der Waals surface area contributed by atoms with Crippen LogP contribution in [0.4, 0.5) is 11.5 Å². The number of amides is 1. The molecule has 184 valence electrons. The molecule has 9 heteroatoms.